The minimum absolute atomic E-state index is 0.129. The molecule has 4 nitrogen and oxygen atoms in total. The smallest absolute Gasteiger partial charge is 0.324 e. The van der Waals surface area contributed by atoms with Crippen LogP contribution in [0.1, 0.15) is 59.3 Å². The molecule has 1 aliphatic carbocycles. The van der Waals surface area contributed by atoms with Gasteiger partial charge in [0.05, 0.1) is 7.11 Å². The number of carbonyl (C=O) groups excluding carboxylic acids is 1. The molecule has 0 spiro atoms. The van der Waals surface area contributed by atoms with Gasteiger partial charge in [0.15, 0.2) is 0 Å². The van der Waals surface area contributed by atoms with Crippen molar-refractivity contribution in [3.8, 4) is 0 Å². The Kier molecular flexibility index (Phi) is 8.93. The Morgan fingerprint density at radius 2 is 2.00 bits per heavy atom. The highest BCUT2D eigenvalue weighted by Gasteiger charge is 2.28. The summed E-state index contributed by atoms with van der Waals surface area (Å²) in [7, 11) is 1.48. The van der Waals surface area contributed by atoms with Crippen molar-refractivity contribution in [1.29, 1.82) is 0 Å². The third kappa shape index (κ3) is 6.79. The number of rotatable bonds is 10. The van der Waals surface area contributed by atoms with Gasteiger partial charge in [-0.05, 0) is 44.7 Å². The Hall–Kier alpha value is -0.610. The van der Waals surface area contributed by atoms with E-state index in [1.807, 2.05) is 0 Å². The third-order valence-corrected chi connectivity index (χ3v) is 4.38. The van der Waals surface area contributed by atoms with Crippen LogP contribution < -0.4 is 5.32 Å². The van der Waals surface area contributed by atoms with Gasteiger partial charge in [0.25, 0.3) is 0 Å². The van der Waals surface area contributed by atoms with Crippen molar-refractivity contribution in [2.45, 2.75) is 71.4 Å². The number of carbonyl (C=O) groups is 1. The van der Waals surface area contributed by atoms with Crippen molar-refractivity contribution in [3.05, 3.63) is 0 Å². The molecule has 0 aromatic carbocycles. The fourth-order valence-corrected chi connectivity index (χ4v) is 3.03. The summed E-state index contributed by atoms with van der Waals surface area (Å²) in [6.07, 6.45) is 7.43. The van der Waals surface area contributed by atoms with E-state index in [1.165, 1.54) is 39.2 Å². The molecule has 1 atom stereocenters. The fourth-order valence-electron chi connectivity index (χ4n) is 3.03. The lowest BCUT2D eigenvalue weighted by Crippen LogP contribution is -2.49. The van der Waals surface area contributed by atoms with Crippen molar-refractivity contribution in [3.63, 3.8) is 0 Å². The highest BCUT2D eigenvalue weighted by molar-refractivity contribution is 5.75. The van der Waals surface area contributed by atoms with Gasteiger partial charge in [-0.25, -0.2) is 0 Å². The molecule has 0 aliphatic heterocycles. The lowest BCUT2D eigenvalue weighted by atomic mass is 10.1. The zero-order chi connectivity index (χ0) is 15.7. The van der Waals surface area contributed by atoms with Crippen LogP contribution in [0.15, 0.2) is 0 Å². The number of nitrogens with one attached hydrogen (secondary N) is 1. The molecule has 0 bridgehead atoms. The largest absolute Gasteiger partial charge is 0.468 e. The summed E-state index contributed by atoms with van der Waals surface area (Å²) in [6, 6.07) is 0.460. The van der Waals surface area contributed by atoms with Crippen LogP contribution in [0.2, 0.25) is 0 Å². The van der Waals surface area contributed by atoms with Crippen molar-refractivity contribution in [2.24, 2.45) is 5.92 Å². The van der Waals surface area contributed by atoms with E-state index in [0.717, 1.165) is 26.1 Å². The van der Waals surface area contributed by atoms with E-state index in [2.05, 4.69) is 31.0 Å². The number of nitrogens with zero attached hydrogens (tertiary/aromatic N) is 1. The summed E-state index contributed by atoms with van der Waals surface area (Å²) in [6.45, 7) is 9.38. The monoisotopic (exact) mass is 298 g/mol. The van der Waals surface area contributed by atoms with Gasteiger partial charge in [-0.3, -0.25) is 9.69 Å². The number of esters is 1. The first-order valence-corrected chi connectivity index (χ1v) is 8.63. The van der Waals surface area contributed by atoms with Crippen LogP contribution in [0.5, 0.6) is 0 Å². The van der Waals surface area contributed by atoms with E-state index in [9.17, 15) is 4.79 Å². The van der Waals surface area contributed by atoms with Gasteiger partial charge < -0.3 is 10.1 Å². The predicted octanol–water partition coefficient (Wildman–Crippen LogP) is 2.82. The number of hydrogen-bond donors (Lipinski definition) is 1. The van der Waals surface area contributed by atoms with Crippen LogP contribution in [-0.2, 0) is 9.53 Å². The maximum Gasteiger partial charge on any atom is 0.324 e. The van der Waals surface area contributed by atoms with E-state index in [1.54, 1.807) is 0 Å². The lowest BCUT2D eigenvalue weighted by molar-refractivity contribution is -0.143. The molecule has 0 aromatic rings. The Labute approximate surface area is 130 Å². The fraction of sp³-hybridized carbons (Fsp3) is 0.941. The first-order valence-electron chi connectivity index (χ1n) is 8.63. The van der Waals surface area contributed by atoms with Gasteiger partial charge in [0, 0.05) is 12.6 Å². The summed E-state index contributed by atoms with van der Waals surface area (Å²) in [5, 5.41) is 3.35. The molecule has 0 saturated heterocycles. The van der Waals surface area contributed by atoms with E-state index in [4.69, 9.17) is 4.74 Å². The van der Waals surface area contributed by atoms with Gasteiger partial charge in [0.1, 0.15) is 6.04 Å². The van der Waals surface area contributed by atoms with Crippen LogP contribution >= 0.6 is 0 Å². The molecule has 21 heavy (non-hydrogen) atoms. The van der Waals surface area contributed by atoms with Crippen LogP contribution in [-0.4, -0.2) is 49.7 Å². The average Bonchev–Trinajstić information content (AvgIpc) is 2.99. The molecule has 1 fully saturated rings. The summed E-state index contributed by atoms with van der Waals surface area (Å²) >= 11 is 0. The SMILES string of the molecule is CCCNC(CN(CCC(C)C)C1CCCC1)C(=O)OC. The molecule has 0 amide bonds. The van der Waals surface area contributed by atoms with Gasteiger partial charge >= 0.3 is 5.97 Å². The average molecular weight is 298 g/mol. The second-order valence-corrected chi connectivity index (χ2v) is 6.65. The molecule has 1 saturated carbocycles. The van der Waals surface area contributed by atoms with E-state index < -0.39 is 0 Å². The second kappa shape index (κ2) is 10.2. The Morgan fingerprint density at radius 3 is 2.52 bits per heavy atom. The molecule has 0 radical (unpaired) electrons. The molecule has 1 rings (SSSR count). The number of hydrogen-bond acceptors (Lipinski definition) is 4. The molecular formula is C17H34N2O2. The molecule has 1 N–H and O–H groups in total. The maximum absolute atomic E-state index is 12.0. The first kappa shape index (κ1) is 18.4. The minimum atomic E-state index is -0.192. The highest BCUT2D eigenvalue weighted by atomic mass is 16.5. The Morgan fingerprint density at radius 1 is 1.33 bits per heavy atom. The van der Waals surface area contributed by atoms with Gasteiger partial charge in [0.2, 0.25) is 0 Å². The van der Waals surface area contributed by atoms with Crippen molar-refractivity contribution in [1.82, 2.24) is 10.2 Å². The minimum Gasteiger partial charge on any atom is -0.468 e. The summed E-state index contributed by atoms with van der Waals surface area (Å²) in [5.74, 6) is 0.574. The zero-order valence-electron chi connectivity index (χ0n) is 14.4. The molecule has 0 aromatic heterocycles. The molecule has 0 heterocycles. The zero-order valence-corrected chi connectivity index (χ0v) is 14.4. The Balaban J connectivity index is 2.62. The van der Waals surface area contributed by atoms with Crippen LogP contribution in [0.25, 0.3) is 0 Å². The van der Waals surface area contributed by atoms with Crippen LogP contribution in [0.3, 0.4) is 0 Å². The van der Waals surface area contributed by atoms with Gasteiger partial charge in [-0.15, -0.1) is 0 Å². The number of ether oxygens (including phenoxy) is 1. The number of methoxy groups -OCH3 is 1. The molecule has 1 unspecified atom stereocenters. The van der Waals surface area contributed by atoms with Crippen LogP contribution in [0.4, 0.5) is 0 Å². The molecular weight excluding hydrogens is 264 g/mol. The van der Waals surface area contributed by atoms with E-state index >= 15 is 0 Å². The molecule has 124 valence electrons. The van der Waals surface area contributed by atoms with Crippen molar-refractivity contribution in [2.75, 3.05) is 26.7 Å². The second-order valence-electron chi connectivity index (χ2n) is 6.65. The van der Waals surface area contributed by atoms with Gasteiger partial charge in [-0.2, -0.15) is 0 Å². The summed E-state index contributed by atoms with van der Waals surface area (Å²) in [4.78, 5) is 14.5. The Bertz CT molecular complexity index is 289. The summed E-state index contributed by atoms with van der Waals surface area (Å²) in [5.41, 5.74) is 0. The lowest BCUT2D eigenvalue weighted by Gasteiger charge is -2.32. The first-order chi connectivity index (χ1) is 10.1. The van der Waals surface area contributed by atoms with E-state index in [0.29, 0.717) is 12.0 Å². The van der Waals surface area contributed by atoms with Gasteiger partial charge in [-0.1, -0.05) is 33.6 Å². The van der Waals surface area contributed by atoms with Crippen LogP contribution in [0, 0.1) is 5.92 Å². The quantitative estimate of drug-likeness (QED) is 0.630. The standard InChI is InChI=1S/C17H34N2O2/c1-5-11-18-16(17(20)21-4)13-19(12-10-14(2)3)15-8-6-7-9-15/h14-16,18H,5-13H2,1-4H3. The normalized spacial score (nSPS) is 17.6. The van der Waals surface area contributed by atoms with E-state index in [-0.39, 0.29) is 12.0 Å². The topological polar surface area (TPSA) is 41.6 Å². The summed E-state index contributed by atoms with van der Waals surface area (Å²) < 4.78 is 4.97. The van der Waals surface area contributed by atoms with Crippen molar-refractivity contribution >= 4 is 5.97 Å². The predicted molar refractivity (Wildman–Crippen MR) is 87.4 cm³/mol. The maximum atomic E-state index is 12.0. The van der Waals surface area contributed by atoms with Crippen molar-refractivity contribution < 1.29 is 9.53 Å². The highest BCUT2D eigenvalue weighted by Crippen LogP contribution is 2.24. The molecule has 1 aliphatic rings. The third-order valence-electron chi connectivity index (χ3n) is 4.38. The molecule has 4 heteroatoms.